The van der Waals surface area contributed by atoms with Gasteiger partial charge in [0.2, 0.25) is 0 Å². The van der Waals surface area contributed by atoms with E-state index in [1.54, 1.807) is 0 Å². The smallest absolute Gasteiger partial charge is 0.137 e. The molecule has 132 valence electrons. The minimum Gasteiger partial charge on any atom is -0.394 e. The Morgan fingerprint density at radius 2 is 1.41 bits per heavy atom. The van der Waals surface area contributed by atoms with E-state index in [1.165, 1.54) is 38.5 Å². The van der Waals surface area contributed by atoms with E-state index in [4.69, 9.17) is 9.84 Å². The van der Waals surface area contributed by atoms with Crippen molar-refractivity contribution in [2.75, 3.05) is 13.2 Å². The van der Waals surface area contributed by atoms with Crippen molar-refractivity contribution >= 4 is 0 Å². The van der Waals surface area contributed by atoms with Crippen LogP contribution < -0.4 is 5.32 Å². The average Bonchev–Trinajstić information content (AvgIpc) is 2.53. The van der Waals surface area contributed by atoms with Gasteiger partial charge in [0, 0.05) is 0 Å². The molecule has 0 saturated carbocycles. The third-order valence-corrected chi connectivity index (χ3v) is 4.27. The molecule has 5 N–H and O–H groups in total. The quantitative estimate of drug-likeness (QED) is 0.356. The van der Waals surface area contributed by atoms with Crippen LogP contribution in [0.1, 0.15) is 58.3 Å². The highest BCUT2D eigenvalue weighted by atomic mass is 16.6. The van der Waals surface area contributed by atoms with Crippen LogP contribution in [0.15, 0.2) is 0 Å². The number of rotatable bonds is 11. The van der Waals surface area contributed by atoms with Gasteiger partial charge >= 0.3 is 0 Å². The summed E-state index contributed by atoms with van der Waals surface area (Å²) in [5, 5.41) is 41.4. The summed E-state index contributed by atoms with van der Waals surface area (Å²) in [6.07, 6.45) is 4.40. The number of hydrogen-bond donors (Lipinski definition) is 5. The lowest BCUT2D eigenvalue weighted by molar-refractivity contribution is -0.236. The fourth-order valence-corrected chi connectivity index (χ4v) is 2.77. The number of aliphatic hydroxyl groups excluding tert-OH is 4. The zero-order chi connectivity index (χ0) is 16.4. The van der Waals surface area contributed by atoms with Crippen LogP contribution >= 0.6 is 0 Å². The third-order valence-electron chi connectivity index (χ3n) is 4.27. The van der Waals surface area contributed by atoms with Crippen molar-refractivity contribution < 1.29 is 25.2 Å². The minimum absolute atomic E-state index is 0.388. The van der Waals surface area contributed by atoms with Gasteiger partial charge in [-0.1, -0.05) is 51.9 Å². The Labute approximate surface area is 133 Å². The summed E-state index contributed by atoms with van der Waals surface area (Å²) in [4.78, 5) is 0. The molecular formula is C16H33NO5. The van der Waals surface area contributed by atoms with Crippen LogP contribution in [0.3, 0.4) is 0 Å². The Hall–Kier alpha value is -0.240. The predicted octanol–water partition coefficient (Wildman–Crippen LogP) is 0.517. The third kappa shape index (κ3) is 6.48. The maximum atomic E-state index is 9.87. The molecule has 1 saturated heterocycles. The molecule has 0 aromatic heterocycles. The van der Waals surface area contributed by atoms with Crippen LogP contribution in [0, 0.1) is 0 Å². The lowest BCUT2D eigenvalue weighted by Crippen LogP contribution is -2.62. The van der Waals surface area contributed by atoms with Gasteiger partial charge in [0.1, 0.15) is 30.6 Å². The van der Waals surface area contributed by atoms with Crippen molar-refractivity contribution in [2.24, 2.45) is 0 Å². The van der Waals surface area contributed by atoms with Gasteiger partial charge in [0.25, 0.3) is 0 Å². The molecule has 5 atom stereocenters. The lowest BCUT2D eigenvalue weighted by Gasteiger charge is -2.40. The summed E-state index contributed by atoms with van der Waals surface area (Å²) in [6.45, 7) is 2.50. The largest absolute Gasteiger partial charge is 0.394 e. The van der Waals surface area contributed by atoms with Gasteiger partial charge in [-0.05, 0) is 13.0 Å². The van der Waals surface area contributed by atoms with Crippen LogP contribution in [-0.4, -0.2) is 64.2 Å². The lowest BCUT2D eigenvalue weighted by atomic mass is 9.98. The molecule has 0 aromatic carbocycles. The molecule has 0 aromatic rings. The Kier molecular flexibility index (Phi) is 10.2. The van der Waals surface area contributed by atoms with Crippen LogP contribution in [-0.2, 0) is 4.74 Å². The molecule has 1 unspecified atom stereocenters. The Morgan fingerprint density at radius 1 is 0.818 bits per heavy atom. The molecule has 1 rings (SSSR count). The second kappa shape index (κ2) is 11.3. The van der Waals surface area contributed by atoms with Crippen molar-refractivity contribution in [1.29, 1.82) is 0 Å². The van der Waals surface area contributed by atoms with E-state index in [2.05, 4.69) is 12.2 Å². The molecule has 0 spiro atoms. The summed E-state index contributed by atoms with van der Waals surface area (Å²) in [7, 11) is 0. The first-order valence-electron chi connectivity index (χ1n) is 8.65. The van der Waals surface area contributed by atoms with Crippen molar-refractivity contribution in [1.82, 2.24) is 5.32 Å². The van der Waals surface area contributed by atoms with E-state index in [-0.39, 0.29) is 6.61 Å². The van der Waals surface area contributed by atoms with Gasteiger partial charge in [-0.3, -0.25) is 5.32 Å². The molecule has 0 aliphatic carbocycles. The van der Waals surface area contributed by atoms with Crippen molar-refractivity contribution in [3.05, 3.63) is 0 Å². The summed E-state index contributed by atoms with van der Waals surface area (Å²) < 4.78 is 5.38. The van der Waals surface area contributed by atoms with Crippen molar-refractivity contribution in [3.63, 3.8) is 0 Å². The molecule has 0 bridgehead atoms. The number of unbranched alkanes of at least 4 members (excludes halogenated alkanes) is 7. The van der Waals surface area contributed by atoms with Crippen molar-refractivity contribution in [3.8, 4) is 0 Å². The molecule has 6 heteroatoms. The maximum absolute atomic E-state index is 9.87. The van der Waals surface area contributed by atoms with E-state index in [9.17, 15) is 15.3 Å². The van der Waals surface area contributed by atoms with E-state index in [0.717, 1.165) is 12.8 Å². The highest BCUT2D eigenvalue weighted by Gasteiger charge is 2.42. The minimum atomic E-state index is -1.30. The topological polar surface area (TPSA) is 102 Å². The highest BCUT2D eigenvalue weighted by molar-refractivity contribution is 4.90. The first-order valence-corrected chi connectivity index (χ1v) is 8.65. The van der Waals surface area contributed by atoms with Crippen LogP contribution in [0.2, 0.25) is 0 Å². The van der Waals surface area contributed by atoms with E-state index in [1.807, 2.05) is 0 Å². The Morgan fingerprint density at radius 3 is 2.00 bits per heavy atom. The van der Waals surface area contributed by atoms with Gasteiger partial charge in [0.05, 0.1) is 6.61 Å². The Balaban J connectivity index is 2.11. The second-order valence-electron chi connectivity index (χ2n) is 6.18. The first kappa shape index (κ1) is 19.8. The summed E-state index contributed by atoms with van der Waals surface area (Å²) in [5.74, 6) is 0. The molecule has 1 aliphatic rings. The molecule has 6 nitrogen and oxygen atoms in total. The van der Waals surface area contributed by atoms with Gasteiger partial charge in [0.15, 0.2) is 0 Å². The van der Waals surface area contributed by atoms with Crippen LogP contribution in [0.4, 0.5) is 0 Å². The van der Waals surface area contributed by atoms with E-state index in [0.29, 0.717) is 6.54 Å². The highest BCUT2D eigenvalue weighted by Crippen LogP contribution is 2.19. The number of nitrogens with one attached hydrogen (secondary N) is 1. The second-order valence-corrected chi connectivity index (χ2v) is 6.18. The number of hydrogen-bond acceptors (Lipinski definition) is 6. The molecule has 1 fully saturated rings. The maximum Gasteiger partial charge on any atom is 0.137 e. The molecule has 1 heterocycles. The van der Waals surface area contributed by atoms with Crippen LogP contribution in [0.5, 0.6) is 0 Å². The first-order chi connectivity index (χ1) is 10.6. The van der Waals surface area contributed by atoms with Gasteiger partial charge in [-0.15, -0.1) is 0 Å². The fraction of sp³-hybridized carbons (Fsp3) is 1.00. The summed E-state index contributed by atoms with van der Waals surface area (Å²) >= 11 is 0. The molecular weight excluding hydrogens is 286 g/mol. The SMILES string of the molecule is CCCCCCCCCCNC1O[C@H](CO)[C@@H](O)[C@H](O)[C@H]1O. The van der Waals surface area contributed by atoms with Gasteiger partial charge in [-0.2, -0.15) is 0 Å². The van der Waals surface area contributed by atoms with Crippen LogP contribution in [0.25, 0.3) is 0 Å². The van der Waals surface area contributed by atoms with Gasteiger partial charge in [-0.25, -0.2) is 0 Å². The number of ether oxygens (including phenoxy) is 1. The standard InChI is InChI=1S/C16H33NO5/c1-2-3-4-5-6-7-8-9-10-17-16-15(21)14(20)13(19)12(11-18)22-16/h12-21H,2-11H2,1H3/t12-,13-,14+,15-,16?/m1/s1. The van der Waals surface area contributed by atoms with E-state index >= 15 is 0 Å². The van der Waals surface area contributed by atoms with Gasteiger partial charge < -0.3 is 25.2 Å². The monoisotopic (exact) mass is 319 g/mol. The molecule has 0 radical (unpaired) electrons. The fourth-order valence-electron chi connectivity index (χ4n) is 2.77. The number of aliphatic hydroxyl groups is 4. The van der Waals surface area contributed by atoms with E-state index < -0.39 is 30.6 Å². The molecule has 22 heavy (non-hydrogen) atoms. The zero-order valence-corrected chi connectivity index (χ0v) is 13.7. The zero-order valence-electron chi connectivity index (χ0n) is 13.7. The Bertz CT molecular complexity index is 277. The molecule has 1 aliphatic heterocycles. The van der Waals surface area contributed by atoms with Crippen molar-refractivity contribution in [2.45, 2.75) is 88.9 Å². The average molecular weight is 319 g/mol. The predicted molar refractivity (Wildman–Crippen MR) is 84.4 cm³/mol. The normalized spacial score (nSPS) is 32.3. The summed E-state index contributed by atoms with van der Waals surface area (Å²) in [5.41, 5.74) is 0. The molecule has 0 amide bonds. The summed E-state index contributed by atoms with van der Waals surface area (Å²) in [6, 6.07) is 0.